The average molecular weight is 413 g/mol. The molecule has 0 aliphatic carbocycles. The Morgan fingerprint density at radius 2 is 2.03 bits per heavy atom. The van der Waals surface area contributed by atoms with E-state index >= 15 is 0 Å². The van der Waals surface area contributed by atoms with Crippen LogP contribution in [-0.4, -0.2) is 63.5 Å². The summed E-state index contributed by atoms with van der Waals surface area (Å²) in [6.45, 7) is 4.50. The van der Waals surface area contributed by atoms with Crippen molar-refractivity contribution in [3.63, 3.8) is 0 Å². The normalized spacial score (nSPS) is 15.3. The van der Waals surface area contributed by atoms with Gasteiger partial charge in [-0.2, -0.15) is 5.10 Å². The van der Waals surface area contributed by atoms with Gasteiger partial charge in [-0.05, 0) is 30.7 Å². The quantitative estimate of drug-likeness (QED) is 0.679. The molecule has 1 fully saturated rings. The number of carbonyl (C=O) groups is 2. The summed E-state index contributed by atoms with van der Waals surface area (Å²) in [5.41, 5.74) is 2.40. The fraction of sp³-hybridized carbons (Fsp3) is 0.300. The molecule has 3 heterocycles. The molecule has 3 aromatic rings. The maximum Gasteiger partial charge on any atom is 0.270 e. The van der Waals surface area contributed by atoms with Crippen LogP contribution in [0.3, 0.4) is 0 Å². The van der Waals surface area contributed by atoms with Crippen LogP contribution in [0.15, 0.2) is 42.7 Å². The van der Waals surface area contributed by atoms with E-state index in [0.29, 0.717) is 23.8 Å². The molecule has 1 aliphatic rings. The SMILES string of the molecule is C[C@H](NC(=O)c1ccn2ncc(-c3cccc(Cl)c3)c2n1)C(=O)N1CCNCC1. The first-order valence-corrected chi connectivity index (χ1v) is 9.81. The molecule has 0 saturated carbocycles. The van der Waals surface area contributed by atoms with E-state index in [-0.39, 0.29) is 11.6 Å². The van der Waals surface area contributed by atoms with E-state index in [4.69, 9.17) is 11.6 Å². The number of rotatable bonds is 4. The van der Waals surface area contributed by atoms with Gasteiger partial charge in [0.2, 0.25) is 5.91 Å². The van der Waals surface area contributed by atoms with Crippen LogP contribution in [0.1, 0.15) is 17.4 Å². The van der Waals surface area contributed by atoms with Gasteiger partial charge >= 0.3 is 0 Å². The Hall–Kier alpha value is -2.97. The van der Waals surface area contributed by atoms with Crippen LogP contribution in [0.4, 0.5) is 0 Å². The van der Waals surface area contributed by atoms with Crippen molar-refractivity contribution < 1.29 is 9.59 Å². The Balaban J connectivity index is 1.55. The Kier molecular flexibility index (Phi) is 5.46. The maximum atomic E-state index is 12.7. The van der Waals surface area contributed by atoms with Gasteiger partial charge in [0.1, 0.15) is 11.7 Å². The minimum atomic E-state index is -0.629. The van der Waals surface area contributed by atoms with Crippen LogP contribution >= 0.6 is 11.6 Å². The third kappa shape index (κ3) is 4.08. The first-order valence-electron chi connectivity index (χ1n) is 9.43. The number of hydrogen-bond donors (Lipinski definition) is 2. The molecule has 0 unspecified atom stereocenters. The highest BCUT2D eigenvalue weighted by Gasteiger charge is 2.24. The summed E-state index contributed by atoms with van der Waals surface area (Å²) in [4.78, 5) is 31.5. The molecule has 9 heteroatoms. The first-order chi connectivity index (χ1) is 14.0. The van der Waals surface area contributed by atoms with Crippen molar-refractivity contribution in [2.45, 2.75) is 13.0 Å². The topological polar surface area (TPSA) is 91.6 Å². The third-order valence-electron chi connectivity index (χ3n) is 4.88. The molecule has 0 spiro atoms. The second-order valence-corrected chi connectivity index (χ2v) is 7.36. The predicted molar refractivity (Wildman–Crippen MR) is 110 cm³/mol. The highest BCUT2D eigenvalue weighted by atomic mass is 35.5. The number of fused-ring (bicyclic) bond motifs is 1. The van der Waals surface area contributed by atoms with E-state index < -0.39 is 11.9 Å². The number of carbonyl (C=O) groups excluding carboxylic acids is 2. The first kappa shape index (κ1) is 19.4. The molecule has 8 nitrogen and oxygen atoms in total. The summed E-state index contributed by atoms with van der Waals surface area (Å²) in [6, 6.07) is 8.32. The minimum absolute atomic E-state index is 0.0927. The zero-order valence-electron chi connectivity index (χ0n) is 15.9. The summed E-state index contributed by atoms with van der Waals surface area (Å²) >= 11 is 6.09. The monoisotopic (exact) mass is 412 g/mol. The largest absolute Gasteiger partial charge is 0.339 e. The van der Waals surface area contributed by atoms with Crippen LogP contribution in [0.5, 0.6) is 0 Å². The molecule has 1 aliphatic heterocycles. The van der Waals surface area contributed by atoms with Crippen LogP contribution in [0.2, 0.25) is 5.02 Å². The lowest BCUT2D eigenvalue weighted by atomic mass is 10.1. The molecule has 1 atom stereocenters. The highest BCUT2D eigenvalue weighted by Crippen LogP contribution is 2.25. The molecule has 150 valence electrons. The van der Waals surface area contributed by atoms with E-state index in [1.807, 2.05) is 18.2 Å². The zero-order chi connectivity index (χ0) is 20.4. The molecule has 29 heavy (non-hydrogen) atoms. The van der Waals surface area contributed by atoms with Crippen molar-refractivity contribution in [2.24, 2.45) is 0 Å². The van der Waals surface area contributed by atoms with E-state index in [1.165, 1.54) is 0 Å². The number of amides is 2. The fourth-order valence-corrected chi connectivity index (χ4v) is 3.54. The number of benzene rings is 1. The van der Waals surface area contributed by atoms with E-state index in [2.05, 4.69) is 20.7 Å². The van der Waals surface area contributed by atoms with Crippen LogP contribution < -0.4 is 10.6 Å². The summed E-state index contributed by atoms with van der Waals surface area (Å²) < 4.78 is 1.60. The van der Waals surface area contributed by atoms with Crippen molar-refractivity contribution in [3.8, 4) is 11.1 Å². The maximum absolute atomic E-state index is 12.7. The number of halogens is 1. The molecular formula is C20H21ClN6O2. The van der Waals surface area contributed by atoms with Crippen molar-refractivity contribution in [1.29, 1.82) is 0 Å². The lowest BCUT2D eigenvalue weighted by Gasteiger charge is -2.29. The number of nitrogens with zero attached hydrogens (tertiary/aromatic N) is 4. The Morgan fingerprint density at radius 1 is 1.24 bits per heavy atom. The van der Waals surface area contributed by atoms with E-state index in [1.54, 1.807) is 40.9 Å². The molecule has 4 rings (SSSR count). The Morgan fingerprint density at radius 3 is 2.79 bits per heavy atom. The molecule has 1 aromatic carbocycles. The van der Waals surface area contributed by atoms with Gasteiger partial charge in [0.15, 0.2) is 5.65 Å². The highest BCUT2D eigenvalue weighted by molar-refractivity contribution is 6.30. The van der Waals surface area contributed by atoms with Gasteiger partial charge < -0.3 is 15.5 Å². The summed E-state index contributed by atoms with van der Waals surface area (Å²) in [7, 11) is 0. The zero-order valence-corrected chi connectivity index (χ0v) is 16.7. The Labute approximate surface area is 172 Å². The van der Waals surface area contributed by atoms with Crippen LogP contribution in [0.25, 0.3) is 16.8 Å². The van der Waals surface area contributed by atoms with E-state index in [0.717, 1.165) is 24.2 Å². The second kappa shape index (κ2) is 8.18. The number of piperazine rings is 1. The van der Waals surface area contributed by atoms with Gasteiger partial charge in [0.05, 0.1) is 6.20 Å². The van der Waals surface area contributed by atoms with Crippen molar-refractivity contribution in [1.82, 2.24) is 30.1 Å². The van der Waals surface area contributed by atoms with Crippen molar-refractivity contribution in [2.75, 3.05) is 26.2 Å². The molecule has 2 N–H and O–H groups in total. The van der Waals surface area contributed by atoms with Crippen LogP contribution in [-0.2, 0) is 4.79 Å². The smallest absolute Gasteiger partial charge is 0.270 e. The van der Waals surface area contributed by atoms with Gasteiger partial charge in [-0.1, -0.05) is 23.7 Å². The standard InChI is InChI=1S/C20H21ClN6O2/c1-13(20(29)26-9-6-22-7-10-26)24-19(28)17-5-8-27-18(25-17)16(12-23-27)14-3-2-4-15(21)11-14/h2-5,8,11-13,22H,6-7,9-10H2,1H3,(H,24,28)/t13-/m0/s1. The van der Waals surface area contributed by atoms with Gasteiger partial charge in [-0.15, -0.1) is 0 Å². The van der Waals surface area contributed by atoms with Gasteiger partial charge in [0, 0.05) is 43.0 Å². The second-order valence-electron chi connectivity index (χ2n) is 6.92. The summed E-state index contributed by atoms with van der Waals surface area (Å²) in [5.74, 6) is -0.494. The Bertz CT molecular complexity index is 1060. The third-order valence-corrected chi connectivity index (χ3v) is 5.12. The van der Waals surface area contributed by atoms with Crippen molar-refractivity contribution >= 4 is 29.1 Å². The van der Waals surface area contributed by atoms with E-state index in [9.17, 15) is 9.59 Å². The number of aromatic nitrogens is 3. The van der Waals surface area contributed by atoms with Gasteiger partial charge in [0.25, 0.3) is 5.91 Å². The van der Waals surface area contributed by atoms with Gasteiger partial charge in [-0.3, -0.25) is 9.59 Å². The average Bonchev–Trinajstić information content (AvgIpc) is 3.17. The lowest BCUT2D eigenvalue weighted by Crippen LogP contribution is -2.53. The van der Waals surface area contributed by atoms with Crippen molar-refractivity contribution in [3.05, 3.63) is 53.4 Å². The summed E-state index contributed by atoms with van der Waals surface area (Å²) in [5, 5.41) is 10.9. The lowest BCUT2D eigenvalue weighted by molar-refractivity contribution is -0.133. The predicted octanol–water partition coefficient (Wildman–Crippen LogP) is 1.60. The number of nitrogens with one attached hydrogen (secondary N) is 2. The molecule has 2 amide bonds. The molecule has 1 saturated heterocycles. The number of hydrogen-bond acceptors (Lipinski definition) is 5. The fourth-order valence-electron chi connectivity index (χ4n) is 3.35. The molecule has 0 bridgehead atoms. The summed E-state index contributed by atoms with van der Waals surface area (Å²) in [6.07, 6.45) is 3.36. The molecule has 2 aromatic heterocycles. The van der Waals surface area contributed by atoms with Gasteiger partial charge in [-0.25, -0.2) is 9.50 Å². The van der Waals surface area contributed by atoms with Crippen LogP contribution in [0, 0.1) is 0 Å². The molecular weight excluding hydrogens is 392 g/mol. The molecule has 0 radical (unpaired) electrons. The minimum Gasteiger partial charge on any atom is -0.339 e.